The molecule has 10 nitrogen and oxygen atoms in total. The van der Waals surface area contributed by atoms with Crippen LogP contribution in [0.5, 0.6) is 0 Å². The van der Waals surface area contributed by atoms with Gasteiger partial charge in [0.15, 0.2) is 0 Å². The highest BCUT2D eigenvalue weighted by atomic mass is 35.5. The molecule has 0 spiro atoms. The van der Waals surface area contributed by atoms with E-state index in [4.69, 9.17) is 21.7 Å². The summed E-state index contributed by atoms with van der Waals surface area (Å²) in [5, 5.41) is 21.7. The fourth-order valence-electron chi connectivity index (χ4n) is 5.97. The zero-order valence-corrected chi connectivity index (χ0v) is 26.7. The Morgan fingerprint density at radius 3 is 2.46 bits per heavy atom. The molecule has 5 N–H and O–H groups in total. The minimum absolute atomic E-state index is 0.0562. The summed E-state index contributed by atoms with van der Waals surface area (Å²) in [7, 11) is 0. The quantitative estimate of drug-likeness (QED) is 0.162. The monoisotopic (exact) mass is 639 g/mol. The number of pyridine rings is 2. The number of halogens is 1. The maximum atomic E-state index is 13.5. The third kappa shape index (κ3) is 6.81. The van der Waals surface area contributed by atoms with Crippen LogP contribution in [0, 0.1) is 13.8 Å². The maximum absolute atomic E-state index is 13.5. The predicted octanol–water partition coefficient (Wildman–Crippen LogP) is 4.33. The number of aryl methyl sites for hydroxylation is 1. The summed E-state index contributed by atoms with van der Waals surface area (Å²) < 4.78 is 0. The van der Waals surface area contributed by atoms with E-state index in [1.165, 1.54) is 5.56 Å². The van der Waals surface area contributed by atoms with Gasteiger partial charge in [0.05, 0.1) is 23.0 Å². The average Bonchev–Trinajstić information content (AvgIpc) is 3.02. The Hall–Kier alpha value is -4.19. The standard InChI is InChI=1S/C35H38ClN7O3/c1-21-15-31(40-32-20-43(13-11-25(21)32)24-18-38-19-24)35(46)42-29-8-4-6-27(33(29)36)26-5-3-7-28(22(26)2)41-34(45)30-10-9-23(17-39-30)16-37-12-14-44/h3-10,15,17,24,37-38,44H,11-14,16,18-20H2,1-2H3,(H,41,45)(H,42,46). The number of nitrogens with one attached hydrogen (secondary N) is 4. The molecule has 11 heteroatoms. The van der Waals surface area contributed by atoms with Crippen LogP contribution in [0.25, 0.3) is 11.1 Å². The number of aliphatic hydroxyl groups is 1. The average molecular weight is 640 g/mol. The summed E-state index contributed by atoms with van der Waals surface area (Å²) >= 11 is 6.92. The van der Waals surface area contributed by atoms with E-state index in [0.29, 0.717) is 41.2 Å². The molecule has 0 unspecified atom stereocenters. The van der Waals surface area contributed by atoms with Crippen molar-refractivity contribution in [3.63, 3.8) is 0 Å². The summed E-state index contributed by atoms with van der Waals surface area (Å²) in [6.45, 7) is 8.80. The fraction of sp³-hybridized carbons (Fsp3) is 0.314. The molecule has 2 aliphatic heterocycles. The van der Waals surface area contributed by atoms with Gasteiger partial charge in [-0.2, -0.15) is 0 Å². The van der Waals surface area contributed by atoms with Crippen molar-refractivity contribution in [3.8, 4) is 11.1 Å². The largest absolute Gasteiger partial charge is 0.395 e. The minimum atomic E-state index is -0.331. The number of carbonyl (C=O) groups is 2. The van der Waals surface area contributed by atoms with Gasteiger partial charge in [-0.1, -0.05) is 41.9 Å². The number of anilines is 2. The lowest BCUT2D eigenvalue weighted by molar-refractivity contribution is 0.101. The van der Waals surface area contributed by atoms with Crippen molar-refractivity contribution in [3.05, 3.63) is 105 Å². The molecule has 2 amide bonds. The number of fused-ring (bicyclic) bond motifs is 1. The second kappa shape index (κ2) is 14.1. The van der Waals surface area contributed by atoms with Crippen LogP contribution in [0.2, 0.25) is 5.02 Å². The zero-order valence-electron chi connectivity index (χ0n) is 26.0. The first-order valence-corrected chi connectivity index (χ1v) is 15.9. The lowest BCUT2D eigenvalue weighted by Crippen LogP contribution is -2.58. The molecule has 6 rings (SSSR count). The molecule has 2 aromatic heterocycles. The number of carbonyl (C=O) groups excluding carboxylic acids is 2. The number of rotatable bonds is 10. The van der Waals surface area contributed by atoms with Crippen LogP contribution >= 0.6 is 11.6 Å². The molecule has 1 saturated heterocycles. The smallest absolute Gasteiger partial charge is 0.274 e. The molecule has 0 bridgehead atoms. The molecular formula is C35H38ClN7O3. The lowest BCUT2D eigenvalue weighted by atomic mass is 9.96. The van der Waals surface area contributed by atoms with E-state index in [-0.39, 0.29) is 24.1 Å². The maximum Gasteiger partial charge on any atom is 0.274 e. The van der Waals surface area contributed by atoms with Crippen LogP contribution in [-0.4, -0.2) is 70.6 Å². The number of hydrogen-bond donors (Lipinski definition) is 5. The van der Waals surface area contributed by atoms with Crippen molar-refractivity contribution < 1.29 is 14.7 Å². The molecular weight excluding hydrogens is 602 g/mol. The van der Waals surface area contributed by atoms with E-state index in [0.717, 1.165) is 66.1 Å². The SMILES string of the molecule is Cc1cc(C(=O)Nc2cccc(-c3cccc(NC(=O)c4ccc(CNCCO)cn4)c3C)c2Cl)nc2c1CCN(C1CNC1)C2. The molecule has 4 heterocycles. The van der Waals surface area contributed by atoms with Crippen molar-refractivity contribution in [1.29, 1.82) is 0 Å². The van der Waals surface area contributed by atoms with Crippen LogP contribution in [-0.2, 0) is 19.5 Å². The first-order chi connectivity index (χ1) is 22.3. The lowest BCUT2D eigenvalue weighted by Gasteiger charge is -2.40. The third-order valence-corrected chi connectivity index (χ3v) is 9.15. The molecule has 2 aromatic carbocycles. The van der Waals surface area contributed by atoms with Gasteiger partial charge < -0.3 is 26.4 Å². The Morgan fingerprint density at radius 2 is 1.74 bits per heavy atom. The van der Waals surface area contributed by atoms with E-state index in [2.05, 4.69) is 31.2 Å². The molecule has 1 fully saturated rings. The van der Waals surface area contributed by atoms with Gasteiger partial charge in [-0.05, 0) is 72.4 Å². The molecule has 0 aliphatic carbocycles. The molecule has 2 aliphatic rings. The Kier molecular flexibility index (Phi) is 9.72. The van der Waals surface area contributed by atoms with Gasteiger partial charge in [-0.25, -0.2) is 4.98 Å². The Labute approximate surface area is 273 Å². The third-order valence-electron chi connectivity index (χ3n) is 8.74. The Balaban J connectivity index is 1.18. The number of hydrogen-bond acceptors (Lipinski definition) is 8. The van der Waals surface area contributed by atoms with Crippen molar-refractivity contribution >= 4 is 34.8 Å². The number of nitrogens with zero attached hydrogens (tertiary/aromatic N) is 3. The van der Waals surface area contributed by atoms with E-state index in [1.807, 2.05) is 56.3 Å². The van der Waals surface area contributed by atoms with Crippen molar-refractivity contribution in [2.45, 2.75) is 39.4 Å². The topological polar surface area (TPSA) is 132 Å². The highest BCUT2D eigenvalue weighted by molar-refractivity contribution is 6.36. The van der Waals surface area contributed by atoms with Gasteiger partial charge in [-0.3, -0.25) is 19.5 Å². The van der Waals surface area contributed by atoms with Crippen LogP contribution in [0.4, 0.5) is 11.4 Å². The number of aliphatic hydroxyl groups excluding tert-OH is 1. The highest BCUT2D eigenvalue weighted by Crippen LogP contribution is 2.37. The summed E-state index contributed by atoms with van der Waals surface area (Å²) in [6, 6.07) is 17.0. The molecule has 4 aromatic rings. The second-order valence-electron chi connectivity index (χ2n) is 11.8. The normalized spacial score (nSPS) is 14.8. The number of amides is 2. The van der Waals surface area contributed by atoms with Gasteiger partial charge in [0, 0.05) is 62.8 Å². The van der Waals surface area contributed by atoms with Crippen LogP contribution in [0.1, 0.15) is 48.9 Å². The summed E-state index contributed by atoms with van der Waals surface area (Å²) in [6.07, 6.45) is 2.58. The Bertz CT molecular complexity index is 1760. The summed E-state index contributed by atoms with van der Waals surface area (Å²) in [5.41, 5.74) is 8.35. The summed E-state index contributed by atoms with van der Waals surface area (Å²) in [5.74, 6) is -0.643. The summed E-state index contributed by atoms with van der Waals surface area (Å²) in [4.78, 5) is 38.1. The van der Waals surface area contributed by atoms with E-state index >= 15 is 0 Å². The van der Waals surface area contributed by atoms with Crippen LogP contribution < -0.4 is 21.3 Å². The van der Waals surface area contributed by atoms with Gasteiger partial charge in [-0.15, -0.1) is 0 Å². The van der Waals surface area contributed by atoms with E-state index in [9.17, 15) is 9.59 Å². The molecule has 238 valence electrons. The molecule has 0 saturated carbocycles. The highest BCUT2D eigenvalue weighted by Gasteiger charge is 2.29. The molecule has 0 atom stereocenters. The van der Waals surface area contributed by atoms with E-state index in [1.54, 1.807) is 18.3 Å². The van der Waals surface area contributed by atoms with Crippen molar-refractivity contribution in [1.82, 2.24) is 25.5 Å². The fourth-order valence-corrected chi connectivity index (χ4v) is 6.25. The van der Waals surface area contributed by atoms with Gasteiger partial charge in [0.25, 0.3) is 11.8 Å². The molecule has 46 heavy (non-hydrogen) atoms. The van der Waals surface area contributed by atoms with Crippen LogP contribution in [0.3, 0.4) is 0 Å². The number of benzene rings is 2. The predicted molar refractivity (Wildman–Crippen MR) is 180 cm³/mol. The van der Waals surface area contributed by atoms with Gasteiger partial charge in [0.2, 0.25) is 0 Å². The zero-order chi connectivity index (χ0) is 32.2. The van der Waals surface area contributed by atoms with Gasteiger partial charge in [0.1, 0.15) is 11.4 Å². The minimum Gasteiger partial charge on any atom is -0.395 e. The van der Waals surface area contributed by atoms with Crippen molar-refractivity contribution in [2.75, 3.05) is 43.4 Å². The van der Waals surface area contributed by atoms with Crippen LogP contribution in [0.15, 0.2) is 60.8 Å². The molecule has 0 radical (unpaired) electrons. The van der Waals surface area contributed by atoms with Gasteiger partial charge >= 0.3 is 0 Å². The van der Waals surface area contributed by atoms with Crippen molar-refractivity contribution in [2.24, 2.45) is 0 Å². The Morgan fingerprint density at radius 1 is 1.00 bits per heavy atom. The first kappa shape index (κ1) is 31.8. The first-order valence-electron chi connectivity index (χ1n) is 15.5. The van der Waals surface area contributed by atoms with E-state index < -0.39 is 0 Å². The number of aromatic nitrogens is 2. The second-order valence-corrected chi connectivity index (χ2v) is 12.2.